The predicted octanol–water partition coefficient (Wildman–Crippen LogP) is 1.56. The molecule has 2 rings (SSSR count). The highest BCUT2D eigenvalue weighted by molar-refractivity contribution is 7.10. The standard InChI is InChI=1S/C12H15NO4S/c14-11(15)7-8(10-4-2-6-18-10)13-12(16)9-3-1-5-17-9/h2,4,6,8-9H,1,3,5,7H2,(H,13,16)(H,14,15)/t8-,9+/m0/s1. The molecule has 18 heavy (non-hydrogen) atoms. The lowest BCUT2D eigenvalue weighted by atomic mass is 10.1. The van der Waals surface area contributed by atoms with Crippen molar-refractivity contribution in [3.63, 3.8) is 0 Å². The van der Waals surface area contributed by atoms with Gasteiger partial charge in [-0.05, 0) is 24.3 Å². The van der Waals surface area contributed by atoms with Crippen LogP contribution in [0.2, 0.25) is 0 Å². The fourth-order valence-electron chi connectivity index (χ4n) is 1.94. The Hall–Kier alpha value is -1.40. The van der Waals surface area contributed by atoms with Gasteiger partial charge in [-0.2, -0.15) is 0 Å². The number of aliphatic carboxylic acids is 1. The largest absolute Gasteiger partial charge is 0.481 e. The van der Waals surface area contributed by atoms with Crippen molar-refractivity contribution in [2.45, 2.75) is 31.4 Å². The molecule has 1 saturated heterocycles. The number of hydrogen-bond donors (Lipinski definition) is 2. The highest BCUT2D eigenvalue weighted by Gasteiger charge is 2.27. The maximum absolute atomic E-state index is 11.9. The van der Waals surface area contributed by atoms with Gasteiger partial charge in [0.05, 0.1) is 12.5 Å². The predicted molar refractivity (Wildman–Crippen MR) is 66.4 cm³/mol. The summed E-state index contributed by atoms with van der Waals surface area (Å²) in [5.74, 6) is -1.15. The van der Waals surface area contributed by atoms with E-state index in [1.54, 1.807) is 0 Å². The molecule has 0 saturated carbocycles. The van der Waals surface area contributed by atoms with Gasteiger partial charge in [0.15, 0.2) is 0 Å². The molecule has 6 heteroatoms. The van der Waals surface area contributed by atoms with E-state index in [0.717, 1.165) is 11.3 Å². The second kappa shape index (κ2) is 5.97. The first kappa shape index (κ1) is 13.0. The number of amides is 1. The topological polar surface area (TPSA) is 75.6 Å². The van der Waals surface area contributed by atoms with E-state index in [-0.39, 0.29) is 12.3 Å². The molecule has 0 unspecified atom stereocenters. The van der Waals surface area contributed by atoms with Gasteiger partial charge in [0.2, 0.25) is 5.91 Å². The maximum Gasteiger partial charge on any atom is 0.305 e. The van der Waals surface area contributed by atoms with E-state index in [2.05, 4.69) is 5.32 Å². The first-order valence-corrected chi connectivity index (χ1v) is 6.72. The van der Waals surface area contributed by atoms with E-state index in [0.29, 0.717) is 13.0 Å². The molecule has 2 N–H and O–H groups in total. The Balaban J connectivity index is 2.00. The molecule has 2 heterocycles. The molecule has 1 aliphatic rings. The first-order chi connectivity index (χ1) is 8.66. The minimum absolute atomic E-state index is 0.112. The van der Waals surface area contributed by atoms with Crippen LogP contribution in [-0.4, -0.2) is 29.7 Å². The number of thiophene rings is 1. The third-order valence-electron chi connectivity index (χ3n) is 2.80. The highest BCUT2D eigenvalue weighted by atomic mass is 32.1. The zero-order chi connectivity index (χ0) is 13.0. The molecular weight excluding hydrogens is 254 g/mol. The van der Waals surface area contributed by atoms with E-state index in [9.17, 15) is 9.59 Å². The van der Waals surface area contributed by atoms with E-state index in [1.807, 2.05) is 17.5 Å². The zero-order valence-electron chi connectivity index (χ0n) is 9.80. The highest BCUT2D eigenvalue weighted by Crippen LogP contribution is 2.23. The summed E-state index contributed by atoms with van der Waals surface area (Å²) in [6.45, 7) is 0.598. The number of hydrogen-bond acceptors (Lipinski definition) is 4. The molecule has 0 aliphatic carbocycles. The molecule has 1 aromatic heterocycles. The number of carbonyl (C=O) groups excluding carboxylic acids is 1. The van der Waals surface area contributed by atoms with Crippen molar-refractivity contribution in [1.82, 2.24) is 5.32 Å². The lowest BCUT2D eigenvalue weighted by Gasteiger charge is -2.18. The van der Waals surface area contributed by atoms with Crippen molar-refractivity contribution in [2.75, 3.05) is 6.61 Å². The average molecular weight is 269 g/mol. The number of nitrogens with one attached hydrogen (secondary N) is 1. The normalized spacial score (nSPS) is 20.6. The Labute approximate surface area is 109 Å². The molecule has 1 aliphatic heterocycles. The van der Waals surface area contributed by atoms with Crippen molar-refractivity contribution in [2.24, 2.45) is 0 Å². The van der Waals surface area contributed by atoms with Crippen LogP contribution in [0, 0.1) is 0 Å². The third kappa shape index (κ3) is 3.30. The number of carboxylic acids is 1. The lowest BCUT2D eigenvalue weighted by Crippen LogP contribution is -2.37. The van der Waals surface area contributed by atoms with Crippen LogP contribution in [0.3, 0.4) is 0 Å². The average Bonchev–Trinajstić information content (AvgIpc) is 3.01. The van der Waals surface area contributed by atoms with Crippen LogP contribution >= 0.6 is 11.3 Å². The van der Waals surface area contributed by atoms with Gasteiger partial charge in [-0.3, -0.25) is 9.59 Å². The smallest absolute Gasteiger partial charge is 0.305 e. The number of carbonyl (C=O) groups is 2. The quantitative estimate of drug-likeness (QED) is 0.850. The van der Waals surface area contributed by atoms with Gasteiger partial charge in [-0.1, -0.05) is 6.07 Å². The number of ether oxygens (including phenoxy) is 1. The van der Waals surface area contributed by atoms with Crippen LogP contribution in [-0.2, 0) is 14.3 Å². The van der Waals surface area contributed by atoms with Gasteiger partial charge in [0, 0.05) is 11.5 Å². The molecule has 5 nitrogen and oxygen atoms in total. The molecule has 1 amide bonds. The summed E-state index contributed by atoms with van der Waals surface area (Å²) in [6.07, 6.45) is 1.04. The fourth-order valence-corrected chi connectivity index (χ4v) is 2.71. The Bertz CT molecular complexity index is 412. The SMILES string of the molecule is O=C(O)C[C@H](NC(=O)[C@H]1CCCO1)c1cccs1. The summed E-state index contributed by atoms with van der Waals surface area (Å²) in [4.78, 5) is 23.6. The molecule has 1 fully saturated rings. The van der Waals surface area contributed by atoms with E-state index < -0.39 is 18.1 Å². The molecule has 0 bridgehead atoms. The summed E-state index contributed by atoms with van der Waals surface area (Å²) in [6, 6.07) is 3.19. The summed E-state index contributed by atoms with van der Waals surface area (Å²) >= 11 is 1.44. The second-order valence-electron chi connectivity index (χ2n) is 4.18. The molecule has 0 radical (unpaired) electrons. The van der Waals surface area contributed by atoms with Crippen molar-refractivity contribution in [3.05, 3.63) is 22.4 Å². The van der Waals surface area contributed by atoms with Gasteiger partial charge < -0.3 is 15.2 Å². The van der Waals surface area contributed by atoms with Gasteiger partial charge in [-0.15, -0.1) is 11.3 Å². The summed E-state index contributed by atoms with van der Waals surface area (Å²) in [7, 11) is 0. The molecule has 1 aromatic rings. The summed E-state index contributed by atoms with van der Waals surface area (Å²) < 4.78 is 5.28. The van der Waals surface area contributed by atoms with Gasteiger partial charge in [0.1, 0.15) is 6.10 Å². The van der Waals surface area contributed by atoms with Crippen LogP contribution < -0.4 is 5.32 Å². The van der Waals surface area contributed by atoms with Crippen LogP contribution in [0.5, 0.6) is 0 Å². The Kier molecular flexibility index (Phi) is 4.33. The van der Waals surface area contributed by atoms with Crippen LogP contribution in [0.25, 0.3) is 0 Å². The Morgan fingerprint density at radius 1 is 1.61 bits per heavy atom. The molecular formula is C12H15NO4S. The van der Waals surface area contributed by atoms with Crippen LogP contribution in [0.1, 0.15) is 30.2 Å². The van der Waals surface area contributed by atoms with E-state index in [1.165, 1.54) is 11.3 Å². The molecule has 98 valence electrons. The minimum atomic E-state index is -0.930. The Morgan fingerprint density at radius 2 is 2.44 bits per heavy atom. The van der Waals surface area contributed by atoms with Gasteiger partial charge in [-0.25, -0.2) is 0 Å². The maximum atomic E-state index is 11.9. The summed E-state index contributed by atoms with van der Waals surface area (Å²) in [5, 5.41) is 13.5. The summed E-state index contributed by atoms with van der Waals surface area (Å²) in [5.41, 5.74) is 0. The minimum Gasteiger partial charge on any atom is -0.481 e. The fraction of sp³-hybridized carbons (Fsp3) is 0.500. The van der Waals surface area contributed by atoms with Crippen LogP contribution in [0.15, 0.2) is 17.5 Å². The molecule has 0 aromatic carbocycles. The third-order valence-corrected chi connectivity index (χ3v) is 3.79. The Morgan fingerprint density at radius 3 is 3.00 bits per heavy atom. The van der Waals surface area contributed by atoms with Gasteiger partial charge >= 0.3 is 5.97 Å². The molecule has 2 atom stereocenters. The number of carboxylic acid groups (broad SMARTS) is 1. The van der Waals surface area contributed by atoms with E-state index >= 15 is 0 Å². The van der Waals surface area contributed by atoms with Crippen LogP contribution in [0.4, 0.5) is 0 Å². The zero-order valence-corrected chi connectivity index (χ0v) is 10.6. The van der Waals surface area contributed by atoms with Crippen molar-refractivity contribution >= 4 is 23.2 Å². The van der Waals surface area contributed by atoms with Crippen molar-refractivity contribution in [1.29, 1.82) is 0 Å². The van der Waals surface area contributed by atoms with Crippen molar-refractivity contribution < 1.29 is 19.4 Å². The molecule has 0 spiro atoms. The van der Waals surface area contributed by atoms with E-state index in [4.69, 9.17) is 9.84 Å². The monoisotopic (exact) mass is 269 g/mol. The first-order valence-electron chi connectivity index (χ1n) is 5.84. The second-order valence-corrected chi connectivity index (χ2v) is 5.16. The lowest BCUT2D eigenvalue weighted by molar-refractivity contribution is -0.138. The van der Waals surface area contributed by atoms with Gasteiger partial charge in [0.25, 0.3) is 0 Å². The number of rotatable bonds is 5. The van der Waals surface area contributed by atoms with Crippen molar-refractivity contribution in [3.8, 4) is 0 Å².